The first-order valence-corrected chi connectivity index (χ1v) is 19.6. The van der Waals surface area contributed by atoms with E-state index in [9.17, 15) is 27.9 Å². The van der Waals surface area contributed by atoms with Gasteiger partial charge in [-0.05, 0) is 6.07 Å². The van der Waals surface area contributed by atoms with E-state index in [0.717, 1.165) is 18.4 Å². The molecule has 0 spiro atoms. The molecule has 228 valence electrons. The summed E-state index contributed by atoms with van der Waals surface area (Å²) in [5.74, 6) is -0.409. The molecule has 3 heterocycles. The van der Waals surface area contributed by atoms with Crippen molar-refractivity contribution in [2.24, 2.45) is 4.99 Å². The van der Waals surface area contributed by atoms with Crippen molar-refractivity contribution in [1.29, 1.82) is 0 Å². The van der Waals surface area contributed by atoms with Crippen LogP contribution in [-0.4, -0.2) is 111 Å². The normalized spacial score (nSPS) is 19.6. The quantitative estimate of drug-likeness (QED) is 0.204. The molecule has 1 saturated heterocycles. The van der Waals surface area contributed by atoms with Gasteiger partial charge in [-0.1, -0.05) is 0 Å². The molecular weight excluding hydrogens is 615 g/mol. The summed E-state index contributed by atoms with van der Waals surface area (Å²) >= 11 is -1.96. The number of amides is 2. The summed E-state index contributed by atoms with van der Waals surface area (Å²) < 4.78 is 32.6. The van der Waals surface area contributed by atoms with Gasteiger partial charge in [-0.3, -0.25) is 0 Å². The predicted molar refractivity (Wildman–Crippen MR) is 157 cm³/mol. The fourth-order valence-electron chi connectivity index (χ4n) is 4.54. The van der Waals surface area contributed by atoms with Crippen LogP contribution in [0.1, 0.15) is 44.6 Å². The van der Waals surface area contributed by atoms with Gasteiger partial charge in [0, 0.05) is 0 Å². The number of anilines is 1. The van der Waals surface area contributed by atoms with Crippen molar-refractivity contribution in [3.05, 3.63) is 23.9 Å². The van der Waals surface area contributed by atoms with E-state index in [0.29, 0.717) is 49.4 Å². The first kappa shape index (κ1) is 33.0. The summed E-state index contributed by atoms with van der Waals surface area (Å²) in [4.78, 5) is 47.6. The monoisotopic (exact) mass is 656 g/mol. The Balaban J connectivity index is 1.37. The number of aryl methyl sites for hydroxylation is 1. The summed E-state index contributed by atoms with van der Waals surface area (Å²) in [6.45, 7) is 5.72. The van der Waals surface area contributed by atoms with Crippen LogP contribution in [0.25, 0.3) is 0 Å². The fraction of sp³-hybridized carbons (Fsp3) is 0.654. The van der Waals surface area contributed by atoms with Gasteiger partial charge in [0.25, 0.3) is 0 Å². The zero-order chi connectivity index (χ0) is 30.0. The summed E-state index contributed by atoms with van der Waals surface area (Å²) in [6.07, 6.45) is 3.65. The number of piperidine rings is 1. The Morgan fingerprint density at radius 2 is 2.00 bits per heavy atom. The molecule has 2 amide bonds. The van der Waals surface area contributed by atoms with Crippen molar-refractivity contribution in [3.63, 3.8) is 0 Å². The van der Waals surface area contributed by atoms with Crippen molar-refractivity contribution in [1.82, 2.24) is 19.9 Å². The molecule has 13 nitrogen and oxygen atoms in total. The SMILES string of the molecule is CCCCS(=O)(=O)NC(CC1CN=C(C[As](C)C(=O)CN2CCC(NC(=O)Nc3ncccc3C)CC2)O1)C(=O)O. The summed E-state index contributed by atoms with van der Waals surface area (Å²) in [5, 5.41) is 15.7. The van der Waals surface area contributed by atoms with E-state index in [4.69, 9.17) is 4.74 Å². The number of carbonyl (C=O) groups is 3. The molecule has 0 aromatic carbocycles. The van der Waals surface area contributed by atoms with Crippen LogP contribution < -0.4 is 15.4 Å². The van der Waals surface area contributed by atoms with E-state index in [2.05, 4.69) is 30.2 Å². The molecule has 0 bridgehead atoms. The van der Waals surface area contributed by atoms with Gasteiger partial charge in [0.05, 0.1) is 0 Å². The van der Waals surface area contributed by atoms with Crippen LogP contribution in [-0.2, 0) is 24.3 Å². The predicted octanol–water partition coefficient (Wildman–Crippen LogP) is 1.57. The van der Waals surface area contributed by atoms with E-state index < -0.39 is 42.8 Å². The molecule has 15 heteroatoms. The second kappa shape index (κ2) is 15.6. The molecule has 2 aliphatic heterocycles. The van der Waals surface area contributed by atoms with Crippen molar-refractivity contribution < 1.29 is 32.6 Å². The third kappa shape index (κ3) is 11.0. The molecule has 0 aliphatic carbocycles. The molecule has 1 aromatic heterocycles. The maximum atomic E-state index is 13.0. The number of sulfonamides is 1. The van der Waals surface area contributed by atoms with Gasteiger partial charge in [0.1, 0.15) is 0 Å². The number of aromatic nitrogens is 1. The van der Waals surface area contributed by atoms with E-state index in [-0.39, 0.29) is 35.4 Å². The maximum absolute atomic E-state index is 13.0. The van der Waals surface area contributed by atoms with Crippen molar-refractivity contribution in [3.8, 4) is 0 Å². The Labute approximate surface area is 246 Å². The molecule has 3 atom stereocenters. The number of unbranched alkanes of at least 4 members (excludes halogenated alkanes) is 1. The minimum atomic E-state index is -3.70. The first-order valence-electron chi connectivity index (χ1n) is 13.8. The molecule has 4 N–H and O–H groups in total. The first-order chi connectivity index (χ1) is 19.5. The van der Waals surface area contributed by atoms with Crippen LogP contribution in [0, 0.1) is 6.92 Å². The van der Waals surface area contributed by atoms with Gasteiger partial charge >= 0.3 is 241 Å². The number of carbonyl (C=O) groups excluding carboxylic acids is 2. The molecule has 0 saturated carbocycles. The number of ether oxygens (including phenoxy) is 1. The molecular formula is C26H41AsN6O7S. The molecule has 3 unspecified atom stereocenters. The Kier molecular flexibility index (Phi) is 12.6. The van der Waals surface area contributed by atoms with Gasteiger partial charge in [0.15, 0.2) is 0 Å². The number of carboxylic acids is 1. The van der Waals surface area contributed by atoms with E-state index in [1.165, 1.54) is 0 Å². The van der Waals surface area contributed by atoms with Crippen LogP contribution >= 0.6 is 0 Å². The standard InChI is InChI=1S/C26H41AsN6O7S/c1-4-5-13-41(38,39)32-21(25(35)36)14-20-16-29-23(40-20)15-27(3)22(34)17-33-11-8-19(9-12-33)30-26(37)31-24-18(2)7-6-10-28-24/h6-7,10,19-21,32H,4-5,8-9,11-17H2,1-3H3,(H,35,36)(H2,28,30,31,37). The van der Waals surface area contributed by atoms with Crippen LogP contribution in [0.3, 0.4) is 0 Å². The average Bonchev–Trinajstić information content (AvgIpc) is 3.36. The molecule has 41 heavy (non-hydrogen) atoms. The van der Waals surface area contributed by atoms with E-state index in [1.54, 1.807) is 6.20 Å². The average molecular weight is 657 g/mol. The Bertz CT molecular complexity index is 1210. The number of hydrogen-bond acceptors (Lipinski definition) is 9. The number of rotatable bonds is 15. The Morgan fingerprint density at radius 3 is 2.66 bits per heavy atom. The number of nitrogens with zero attached hydrogens (tertiary/aromatic N) is 3. The van der Waals surface area contributed by atoms with Gasteiger partial charge in [-0.15, -0.1) is 0 Å². The molecule has 2 aliphatic rings. The number of carboxylic acid groups (broad SMARTS) is 1. The van der Waals surface area contributed by atoms with Crippen molar-refractivity contribution >= 4 is 53.0 Å². The van der Waals surface area contributed by atoms with Crippen LogP contribution in [0.5, 0.6) is 0 Å². The fourth-order valence-corrected chi connectivity index (χ4v) is 8.47. The zero-order valence-corrected chi connectivity index (χ0v) is 26.5. The Hall–Kier alpha value is -2.54. The van der Waals surface area contributed by atoms with Gasteiger partial charge in [-0.2, -0.15) is 0 Å². The van der Waals surface area contributed by atoms with Gasteiger partial charge < -0.3 is 0 Å². The van der Waals surface area contributed by atoms with Gasteiger partial charge in [0.2, 0.25) is 0 Å². The number of aliphatic imine (C=N–C) groups is 1. The number of likely N-dealkylation sites (tertiary alicyclic amines) is 1. The number of pyridine rings is 1. The summed E-state index contributed by atoms with van der Waals surface area (Å²) in [6, 6.07) is 2.12. The third-order valence-electron chi connectivity index (χ3n) is 6.98. The summed E-state index contributed by atoms with van der Waals surface area (Å²) in [5.41, 5.74) is 2.84. The minimum absolute atomic E-state index is 0.0181. The third-order valence-corrected chi connectivity index (χ3v) is 12.1. The summed E-state index contributed by atoms with van der Waals surface area (Å²) in [7, 11) is -3.70. The van der Waals surface area contributed by atoms with Crippen LogP contribution in [0.2, 0.25) is 10.9 Å². The Morgan fingerprint density at radius 1 is 1.27 bits per heavy atom. The molecule has 3 rings (SSSR count). The second-order valence-corrected chi connectivity index (χ2v) is 17.0. The van der Waals surface area contributed by atoms with Crippen molar-refractivity contribution in [2.75, 3.05) is 37.2 Å². The van der Waals surface area contributed by atoms with Gasteiger partial charge in [-0.25, -0.2) is 0 Å². The number of hydrogen-bond donors (Lipinski definition) is 4. The van der Waals surface area contributed by atoms with E-state index in [1.807, 2.05) is 31.7 Å². The zero-order valence-electron chi connectivity index (χ0n) is 23.8. The van der Waals surface area contributed by atoms with E-state index >= 15 is 0 Å². The number of nitrogens with one attached hydrogen (secondary N) is 3. The molecule has 1 aromatic rings. The van der Waals surface area contributed by atoms with Crippen molar-refractivity contribution in [2.45, 2.75) is 75.1 Å². The number of urea groups is 1. The second-order valence-electron chi connectivity index (χ2n) is 10.5. The molecule has 1 fully saturated rings. The van der Waals surface area contributed by atoms with Crippen LogP contribution in [0.15, 0.2) is 23.3 Å². The topological polar surface area (TPSA) is 179 Å². The van der Waals surface area contributed by atoms with Crippen LogP contribution in [0.4, 0.5) is 10.6 Å². The number of aliphatic carboxylic acids is 1. The molecule has 0 radical (unpaired) electrons.